The van der Waals surface area contributed by atoms with E-state index in [1.165, 1.54) is 12.1 Å². The molecule has 1 amide bonds. The number of carbonyl (C=O) groups excluding carboxylic acids is 1. The molecule has 1 N–H and O–H groups in total. The highest BCUT2D eigenvalue weighted by molar-refractivity contribution is 6.32. The number of nitro groups is 1. The van der Waals surface area contributed by atoms with Gasteiger partial charge in [0.2, 0.25) is 0 Å². The fourth-order valence-corrected chi connectivity index (χ4v) is 1.81. The van der Waals surface area contributed by atoms with Crippen LogP contribution in [0.5, 0.6) is 0 Å². The Bertz CT molecular complexity index is 751. The molecule has 0 saturated carbocycles. The first-order chi connectivity index (χ1) is 10.0. The first kappa shape index (κ1) is 14.5. The van der Waals surface area contributed by atoms with Crippen LogP contribution in [0.3, 0.4) is 0 Å². The van der Waals surface area contributed by atoms with Crippen molar-refractivity contribution in [2.45, 2.75) is 0 Å². The van der Waals surface area contributed by atoms with Crippen molar-refractivity contribution in [2.75, 3.05) is 5.32 Å². The van der Waals surface area contributed by atoms with E-state index in [4.69, 9.17) is 16.9 Å². The van der Waals surface area contributed by atoms with Crippen LogP contribution in [0, 0.1) is 21.4 Å². The molecule has 0 atom stereocenters. The topological polar surface area (TPSA) is 96.0 Å². The summed E-state index contributed by atoms with van der Waals surface area (Å²) >= 11 is 5.69. The van der Waals surface area contributed by atoms with Crippen molar-refractivity contribution in [1.82, 2.24) is 0 Å². The third-order valence-corrected chi connectivity index (χ3v) is 3.00. The Hall–Kier alpha value is -2.91. The zero-order valence-electron chi connectivity index (χ0n) is 10.5. The van der Waals surface area contributed by atoms with E-state index in [0.717, 1.165) is 6.07 Å². The molecule has 0 radical (unpaired) electrons. The lowest BCUT2D eigenvalue weighted by Gasteiger charge is -2.05. The van der Waals surface area contributed by atoms with Crippen LogP contribution in [0.4, 0.5) is 11.4 Å². The number of amides is 1. The number of hydrogen-bond acceptors (Lipinski definition) is 4. The zero-order chi connectivity index (χ0) is 15.4. The number of nitriles is 1. The molecule has 0 saturated heterocycles. The van der Waals surface area contributed by atoms with Crippen LogP contribution in [0.1, 0.15) is 15.9 Å². The molecule has 0 heterocycles. The number of anilines is 1. The zero-order valence-corrected chi connectivity index (χ0v) is 11.3. The van der Waals surface area contributed by atoms with E-state index in [0.29, 0.717) is 11.3 Å². The van der Waals surface area contributed by atoms with Gasteiger partial charge in [0.25, 0.3) is 11.6 Å². The largest absolute Gasteiger partial charge is 0.322 e. The van der Waals surface area contributed by atoms with Crippen molar-refractivity contribution in [1.29, 1.82) is 5.26 Å². The average molecular weight is 302 g/mol. The summed E-state index contributed by atoms with van der Waals surface area (Å²) in [5, 5.41) is 22.0. The fourth-order valence-electron chi connectivity index (χ4n) is 1.63. The molecule has 0 aliphatic rings. The molecule has 0 bridgehead atoms. The molecule has 0 spiro atoms. The molecule has 2 aromatic rings. The molecular formula is C14H8ClN3O3. The smallest absolute Gasteiger partial charge is 0.288 e. The summed E-state index contributed by atoms with van der Waals surface area (Å²) in [7, 11) is 0. The molecule has 21 heavy (non-hydrogen) atoms. The highest BCUT2D eigenvalue weighted by Gasteiger charge is 2.16. The highest BCUT2D eigenvalue weighted by Crippen LogP contribution is 2.25. The van der Waals surface area contributed by atoms with Gasteiger partial charge >= 0.3 is 0 Å². The molecule has 2 aromatic carbocycles. The van der Waals surface area contributed by atoms with Crippen molar-refractivity contribution in [3.8, 4) is 6.07 Å². The summed E-state index contributed by atoms with van der Waals surface area (Å²) in [6, 6.07) is 12.0. The first-order valence-electron chi connectivity index (χ1n) is 5.76. The molecule has 0 fully saturated rings. The van der Waals surface area contributed by atoms with Gasteiger partial charge in [0, 0.05) is 17.3 Å². The number of halogens is 1. The van der Waals surface area contributed by atoms with Crippen LogP contribution < -0.4 is 5.32 Å². The normalized spacial score (nSPS) is 9.71. The predicted octanol–water partition coefficient (Wildman–Crippen LogP) is 3.37. The van der Waals surface area contributed by atoms with E-state index in [2.05, 4.69) is 5.32 Å². The number of carbonyl (C=O) groups is 1. The van der Waals surface area contributed by atoms with E-state index in [9.17, 15) is 14.9 Å². The average Bonchev–Trinajstić information content (AvgIpc) is 2.48. The number of nitro benzene ring substituents is 1. The van der Waals surface area contributed by atoms with Gasteiger partial charge in [0.1, 0.15) is 5.02 Å². The van der Waals surface area contributed by atoms with Crippen LogP contribution >= 0.6 is 11.6 Å². The van der Waals surface area contributed by atoms with Crippen LogP contribution in [0.15, 0.2) is 42.5 Å². The first-order valence-corrected chi connectivity index (χ1v) is 6.14. The lowest BCUT2D eigenvalue weighted by atomic mass is 10.1. The lowest BCUT2D eigenvalue weighted by molar-refractivity contribution is -0.384. The van der Waals surface area contributed by atoms with Gasteiger partial charge in [-0.15, -0.1) is 0 Å². The van der Waals surface area contributed by atoms with E-state index in [-0.39, 0.29) is 16.3 Å². The van der Waals surface area contributed by atoms with Gasteiger partial charge in [0.15, 0.2) is 0 Å². The monoisotopic (exact) mass is 301 g/mol. The second-order valence-electron chi connectivity index (χ2n) is 4.07. The minimum Gasteiger partial charge on any atom is -0.322 e. The van der Waals surface area contributed by atoms with Gasteiger partial charge < -0.3 is 5.32 Å². The Morgan fingerprint density at radius 3 is 2.48 bits per heavy atom. The maximum atomic E-state index is 12.0. The lowest BCUT2D eigenvalue weighted by Crippen LogP contribution is -2.12. The Morgan fingerprint density at radius 1 is 1.24 bits per heavy atom. The standard InChI is InChI=1S/C14H8ClN3O3/c15-12-6-3-10(7-13(12)18(20)21)14(19)17-11-4-1-9(8-16)2-5-11/h1-7H,(H,17,19). The maximum Gasteiger partial charge on any atom is 0.288 e. The Kier molecular flexibility index (Phi) is 4.16. The van der Waals surface area contributed by atoms with Crippen molar-refractivity contribution < 1.29 is 9.72 Å². The molecule has 0 aromatic heterocycles. The third kappa shape index (κ3) is 3.35. The van der Waals surface area contributed by atoms with E-state index in [1.54, 1.807) is 24.3 Å². The molecule has 0 aliphatic carbocycles. The minimum absolute atomic E-state index is 0.0325. The minimum atomic E-state index is -0.652. The van der Waals surface area contributed by atoms with Crippen molar-refractivity contribution in [3.05, 3.63) is 68.7 Å². The Balaban J connectivity index is 2.22. The summed E-state index contributed by atoms with van der Waals surface area (Å²) in [4.78, 5) is 22.1. The van der Waals surface area contributed by atoms with E-state index in [1.807, 2.05) is 6.07 Å². The number of hydrogen-bond donors (Lipinski definition) is 1. The van der Waals surface area contributed by atoms with Gasteiger partial charge in [-0.25, -0.2) is 0 Å². The second-order valence-corrected chi connectivity index (χ2v) is 4.47. The summed E-state index contributed by atoms with van der Waals surface area (Å²) in [5.74, 6) is -0.500. The predicted molar refractivity (Wildman–Crippen MR) is 77.2 cm³/mol. The summed E-state index contributed by atoms with van der Waals surface area (Å²) in [6.45, 7) is 0. The fraction of sp³-hybridized carbons (Fsp3) is 0. The Labute approximate surface area is 124 Å². The SMILES string of the molecule is N#Cc1ccc(NC(=O)c2ccc(Cl)c([N+](=O)[O-])c2)cc1. The number of nitrogens with zero attached hydrogens (tertiary/aromatic N) is 2. The van der Waals surface area contributed by atoms with Crippen molar-refractivity contribution in [2.24, 2.45) is 0 Å². The molecule has 104 valence electrons. The third-order valence-electron chi connectivity index (χ3n) is 2.68. The molecule has 7 heteroatoms. The second kappa shape index (κ2) is 6.03. The summed E-state index contributed by atoms with van der Waals surface area (Å²) in [6.07, 6.45) is 0. The van der Waals surface area contributed by atoms with Gasteiger partial charge in [-0.05, 0) is 36.4 Å². The molecule has 0 unspecified atom stereocenters. The Morgan fingerprint density at radius 2 is 1.90 bits per heavy atom. The van der Waals surface area contributed by atoms with Gasteiger partial charge in [-0.2, -0.15) is 5.26 Å². The molecule has 6 nitrogen and oxygen atoms in total. The molecule has 0 aliphatic heterocycles. The molecule has 2 rings (SSSR count). The summed E-state index contributed by atoms with van der Waals surface area (Å²) < 4.78 is 0. The molecular weight excluding hydrogens is 294 g/mol. The van der Waals surface area contributed by atoms with Crippen LogP contribution in [0.25, 0.3) is 0 Å². The van der Waals surface area contributed by atoms with Crippen molar-refractivity contribution in [3.63, 3.8) is 0 Å². The van der Waals surface area contributed by atoms with Gasteiger partial charge in [-0.1, -0.05) is 11.6 Å². The maximum absolute atomic E-state index is 12.0. The number of rotatable bonds is 3. The van der Waals surface area contributed by atoms with Crippen LogP contribution in [-0.4, -0.2) is 10.8 Å². The number of nitrogens with one attached hydrogen (secondary N) is 1. The number of benzene rings is 2. The highest BCUT2D eigenvalue weighted by atomic mass is 35.5. The quantitative estimate of drug-likeness (QED) is 0.694. The van der Waals surface area contributed by atoms with Crippen LogP contribution in [0.2, 0.25) is 5.02 Å². The van der Waals surface area contributed by atoms with E-state index >= 15 is 0 Å². The van der Waals surface area contributed by atoms with E-state index < -0.39 is 10.8 Å². The van der Waals surface area contributed by atoms with Crippen molar-refractivity contribution >= 4 is 28.9 Å². The van der Waals surface area contributed by atoms with Gasteiger partial charge in [0.05, 0.1) is 16.6 Å². The van der Waals surface area contributed by atoms with Crippen LogP contribution in [-0.2, 0) is 0 Å². The van der Waals surface area contributed by atoms with Gasteiger partial charge in [-0.3, -0.25) is 14.9 Å². The summed E-state index contributed by atoms with van der Waals surface area (Å²) in [5.41, 5.74) is 0.742.